The normalized spacial score (nSPS) is 14.9. The van der Waals surface area contributed by atoms with E-state index in [2.05, 4.69) is 18.6 Å². The van der Waals surface area contributed by atoms with Crippen LogP contribution in [0.1, 0.15) is 20.3 Å². The molecule has 0 fully saturated rings. The second-order valence-corrected chi connectivity index (χ2v) is 9.90. The maximum absolute atomic E-state index is 12.1. The van der Waals surface area contributed by atoms with Gasteiger partial charge in [0.15, 0.2) is 0 Å². The Balaban J connectivity index is 0.000000763. The molecule has 1 heterocycles. The van der Waals surface area contributed by atoms with Gasteiger partial charge in [-0.25, -0.2) is 0 Å². The van der Waals surface area contributed by atoms with Crippen LogP contribution in [-0.2, 0) is 20.4 Å². The second kappa shape index (κ2) is 9.92. The van der Waals surface area contributed by atoms with Crippen molar-refractivity contribution in [1.29, 1.82) is 0 Å². The molecule has 0 unspecified atom stereocenters. The van der Waals surface area contributed by atoms with Crippen LogP contribution in [-0.4, -0.2) is 59.9 Å². The summed E-state index contributed by atoms with van der Waals surface area (Å²) in [7, 11) is -8.07. The quantitative estimate of drug-likeness (QED) is 0.495. The van der Waals surface area contributed by atoms with Crippen LogP contribution in [0.2, 0.25) is 8.01 Å². The summed E-state index contributed by atoms with van der Waals surface area (Å²) >= 11 is 7.84. The smallest absolute Gasteiger partial charge is 0.264 e. The van der Waals surface area contributed by atoms with Gasteiger partial charge >= 0.3 is 141 Å². The van der Waals surface area contributed by atoms with E-state index in [9.17, 15) is 8.42 Å². The van der Waals surface area contributed by atoms with Gasteiger partial charge in [-0.2, -0.15) is 8.42 Å². The third kappa shape index (κ3) is 9.81. The maximum atomic E-state index is 12.1. The number of halogens is 1. The molecular weight excluding hydrogens is 385 g/mol. The van der Waals surface area contributed by atoms with Crippen molar-refractivity contribution in [3.63, 3.8) is 0 Å². The van der Waals surface area contributed by atoms with E-state index in [1.54, 1.807) is 12.1 Å². The molecule has 0 saturated heterocycles. The van der Waals surface area contributed by atoms with Crippen molar-refractivity contribution in [3.8, 4) is 0 Å². The molecule has 2 atom stereocenters. The third-order valence-electron chi connectivity index (χ3n) is 2.89. The predicted octanol–water partition coefficient (Wildman–Crippen LogP) is 2.03. The van der Waals surface area contributed by atoms with Gasteiger partial charge in [-0.3, -0.25) is 9.11 Å². The Morgan fingerprint density at radius 1 is 1.32 bits per heavy atom. The average Bonchev–Trinajstić information content (AvgIpc) is 2.80. The minimum absolute atomic E-state index is 0.0394. The first-order chi connectivity index (χ1) is 9.90. The number of rotatable bonds is 6. The molecule has 0 saturated carbocycles. The monoisotopic (exact) mass is 401 g/mol. The molecular formula is C10H17ClNNaO6S3. The molecule has 124 valence electrons. The first kappa shape index (κ1) is 22.8. The second-order valence-electron chi connectivity index (χ2n) is 4.53. The topological polar surface area (TPSA) is 121 Å². The van der Waals surface area contributed by atoms with Crippen LogP contribution in [0, 0.1) is 5.92 Å². The van der Waals surface area contributed by atoms with Gasteiger partial charge in [0.25, 0.3) is 0 Å². The number of hydrogen-bond acceptors (Lipinski definition) is 5. The van der Waals surface area contributed by atoms with Crippen LogP contribution in [0.25, 0.3) is 0 Å². The van der Waals surface area contributed by atoms with Crippen molar-refractivity contribution in [1.82, 2.24) is 4.72 Å². The van der Waals surface area contributed by atoms with Gasteiger partial charge in [0.1, 0.15) is 0 Å². The molecule has 22 heavy (non-hydrogen) atoms. The molecule has 0 bridgehead atoms. The summed E-state index contributed by atoms with van der Waals surface area (Å²) in [4.78, 5) is 0. The average molecular weight is 402 g/mol. The Morgan fingerprint density at radius 3 is 2.14 bits per heavy atom. The van der Waals surface area contributed by atoms with Crippen molar-refractivity contribution in [2.45, 2.75) is 34.2 Å². The molecule has 1 rings (SSSR count). The molecule has 0 aromatic carbocycles. The van der Waals surface area contributed by atoms with Crippen molar-refractivity contribution >= 4 is 71.3 Å². The Bertz CT molecular complexity index is 652. The zero-order valence-corrected chi connectivity index (χ0v) is 17.6. The SMILES string of the molecule is CC[C@@H](C)[C@@H]([CH2][Na])NS(=O)(=O)c1ccc(Cl)s1.O=S(=O)(O)O. The maximum Gasteiger partial charge on any atom is 0.394 e. The van der Waals surface area contributed by atoms with Crippen LogP contribution in [0.4, 0.5) is 0 Å². The van der Waals surface area contributed by atoms with E-state index < -0.39 is 20.4 Å². The first-order valence-electron chi connectivity index (χ1n) is 6.38. The summed E-state index contributed by atoms with van der Waals surface area (Å²) in [5.74, 6) is 0.359. The molecule has 0 radical (unpaired) electrons. The number of sulfonamides is 1. The third-order valence-corrected chi connectivity index (χ3v) is 6.98. The van der Waals surface area contributed by atoms with Gasteiger partial charge in [0.05, 0.1) is 0 Å². The molecule has 1 aromatic heterocycles. The van der Waals surface area contributed by atoms with Crippen molar-refractivity contribution in [2.24, 2.45) is 5.92 Å². The molecule has 7 nitrogen and oxygen atoms in total. The van der Waals surface area contributed by atoms with Crippen molar-refractivity contribution < 1.29 is 25.9 Å². The molecule has 0 spiro atoms. The predicted molar refractivity (Wildman–Crippen MR) is 87.6 cm³/mol. The Kier molecular flexibility index (Phi) is 10.3. The first-order valence-corrected chi connectivity index (χ1v) is 11.9. The zero-order chi connectivity index (χ0) is 17.6. The van der Waals surface area contributed by atoms with E-state index in [0.29, 0.717) is 14.5 Å². The fourth-order valence-corrected chi connectivity index (χ4v) is 5.82. The summed E-state index contributed by atoms with van der Waals surface area (Å²) in [5.41, 5.74) is 0. The summed E-state index contributed by atoms with van der Waals surface area (Å²) in [5, 5.41) is 0. The molecule has 12 heteroatoms. The van der Waals surface area contributed by atoms with Crippen LogP contribution in [0.3, 0.4) is 0 Å². The zero-order valence-electron chi connectivity index (χ0n) is 12.4. The van der Waals surface area contributed by atoms with E-state index in [4.69, 9.17) is 29.1 Å². The summed E-state index contributed by atoms with van der Waals surface area (Å²) in [6.07, 6.45) is 0.973. The van der Waals surface area contributed by atoms with E-state index in [-0.39, 0.29) is 6.04 Å². The molecule has 0 aliphatic rings. The van der Waals surface area contributed by atoms with Gasteiger partial charge < -0.3 is 0 Å². The molecule has 0 amide bonds. The van der Waals surface area contributed by atoms with Crippen LogP contribution < -0.4 is 4.72 Å². The minimum atomic E-state index is -4.67. The van der Waals surface area contributed by atoms with Crippen LogP contribution in [0.5, 0.6) is 0 Å². The largest absolute Gasteiger partial charge is 0.394 e. The summed E-state index contributed by atoms with van der Waals surface area (Å²) in [6.45, 7) is 4.15. The van der Waals surface area contributed by atoms with Gasteiger partial charge in [-0.05, 0) is 0 Å². The van der Waals surface area contributed by atoms with Gasteiger partial charge in [0, 0.05) is 0 Å². The Hall–Kier alpha value is 0.770. The van der Waals surface area contributed by atoms with Crippen molar-refractivity contribution in [3.05, 3.63) is 16.5 Å². The Labute approximate surface area is 157 Å². The Morgan fingerprint density at radius 2 is 1.82 bits per heavy atom. The molecule has 0 aliphatic heterocycles. The van der Waals surface area contributed by atoms with Crippen LogP contribution >= 0.6 is 22.9 Å². The summed E-state index contributed by atoms with van der Waals surface area (Å²) in [6, 6.07) is 3.20. The minimum Gasteiger partial charge on any atom is -0.264 e. The summed E-state index contributed by atoms with van der Waals surface area (Å²) < 4.78 is 60.3. The molecule has 1 aromatic rings. The van der Waals surface area contributed by atoms with Crippen molar-refractivity contribution in [2.75, 3.05) is 0 Å². The number of thiophene rings is 1. The number of hydrogen-bond donors (Lipinski definition) is 3. The standard InChI is InChI=1S/C10H15ClNO2S2.Na.H2O4S/c1-4-7(2)8(3)12-16(13,14)10-6-5-9(11)15-10;;1-5(2,3)4/h5-8,12H,3-4H2,1-2H3;;(H2,1,2,3,4)/t7-,8-;;/m1../s1. The van der Waals surface area contributed by atoms with Gasteiger partial charge in [-0.15, -0.1) is 0 Å². The van der Waals surface area contributed by atoms with E-state index in [1.807, 2.05) is 0 Å². The molecule has 0 aliphatic carbocycles. The van der Waals surface area contributed by atoms with Gasteiger partial charge in [-0.1, -0.05) is 0 Å². The van der Waals surface area contributed by atoms with Crippen LogP contribution in [0.15, 0.2) is 16.3 Å². The van der Waals surface area contributed by atoms with Gasteiger partial charge in [0.2, 0.25) is 0 Å². The number of nitrogens with one attached hydrogen (secondary N) is 1. The van der Waals surface area contributed by atoms with E-state index in [1.165, 1.54) is 0 Å². The van der Waals surface area contributed by atoms with E-state index >= 15 is 0 Å². The molecule has 3 N–H and O–H groups in total. The fourth-order valence-electron chi connectivity index (χ4n) is 1.59. The fraction of sp³-hybridized carbons (Fsp3) is 0.600. The van der Waals surface area contributed by atoms with E-state index in [0.717, 1.165) is 49.4 Å².